The van der Waals surface area contributed by atoms with Crippen molar-refractivity contribution in [2.24, 2.45) is 0 Å². The van der Waals surface area contributed by atoms with Gasteiger partial charge in [0.05, 0.1) is 12.2 Å². The molecule has 0 radical (unpaired) electrons. The lowest BCUT2D eigenvalue weighted by atomic mass is 10.0. The Morgan fingerprint density at radius 3 is 2.63 bits per heavy atom. The number of carbonyl (C=O) groups excluding carboxylic acids is 1. The average Bonchev–Trinajstić information content (AvgIpc) is 3.21. The van der Waals surface area contributed by atoms with E-state index in [0.717, 1.165) is 35.0 Å². The number of thiophene rings is 1. The van der Waals surface area contributed by atoms with Crippen LogP contribution in [0.5, 0.6) is 5.75 Å². The number of benzene rings is 2. The molecule has 0 saturated carbocycles. The molecule has 0 spiro atoms. The highest BCUT2D eigenvalue weighted by Crippen LogP contribution is 2.30. The van der Waals surface area contributed by atoms with Crippen molar-refractivity contribution in [3.8, 4) is 16.9 Å². The number of rotatable bonds is 8. The first kappa shape index (κ1) is 21.8. The molecule has 1 heterocycles. The molecule has 0 bridgehead atoms. The van der Waals surface area contributed by atoms with Gasteiger partial charge in [-0.1, -0.05) is 24.6 Å². The Kier molecular flexibility index (Phi) is 7.07. The Morgan fingerprint density at radius 2 is 1.97 bits per heavy atom. The zero-order chi connectivity index (χ0) is 21.7. The predicted molar refractivity (Wildman–Crippen MR) is 115 cm³/mol. The highest BCUT2D eigenvalue weighted by atomic mass is 35.5. The van der Waals surface area contributed by atoms with E-state index in [1.54, 1.807) is 17.5 Å². The van der Waals surface area contributed by atoms with Gasteiger partial charge in [0.15, 0.2) is 0 Å². The Bertz CT molecular complexity index is 1080. The van der Waals surface area contributed by atoms with Gasteiger partial charge in [0, 0.05) is 17.1 Å². The van der Waals surface area contributed by atoms with Gasteiger partial charge < -0.3 is 15.2 Å². The normalized spacial score (nSPS) is 10.6. The number of carbonyl (C=O) groups is 2. The third-order valence-electron chi connectivity index (χ3n) is 4.28. The van der Waals surface area contributed by atoms with E-state index in [0.29, 0.717) is 17.9 Å². The number of hydrogen-bond acceptors (Lipinski definition) is 4. The molecular weight excluding hydrogens is 429 g/mol. The van der Waals surface area contributed by atoms with E-state index < -0.39 is 17.7 Å². The molecule has 156 valence electrons. The molecule has 30 heavy (non-hydrogen) atoms. The highest BCUT2D eigenvalue weighted by molar-refractivity contribution is 7.12. The van der Waals surface area contributed by atoms with Gasteiger partial charge in [-0.2, -0.15) is 0 Å². The summed E-state index contributed by atoms with van der Waals surface area (Å²) in [5.74, 6) is -1.65. The van der Waals surface area contributed by atoms with Crippen LogP contribution in [0.4, 0.5) is 4.39 Å². The number of carboxylic acids is 1. The molecule has 2 N–H and O–H groups in total. The summed E-state index contributed by atoms with van der Waals surface area (Å²) in [4.78, 5) is 23.8. The molecule has 0 aliphatic carbocycles. The van der Waals surface area contributed by atoms with Gasteiger partial charge in [-0.25, -0.2) is 9.18 Å². The van der Waals surface area contributed by atoms with Crippen LogP contribution < -0.4 is 10.1 Å². The summed E-state index contributed by atoms with van der Waals surface area (Å²) < 4.78 is 19.8. The van der Waals surface area contributed by atoms with Crippen LogP contribution in [-0.2, 0) is 6.54 Å². The first-order valence-corrected chi connectivity index (χ1v) is 10.5. The maximum absolute atomic E-state index is 14.0. The standard InChI is InChI=1S/C22H19ClFNO4S/c1-2-7-29-19-6-3-13(15-9-20(22(27)28)30-12-15)8-14(19)11-25-21(26)17-5-4-16(23)10-18(17)24/h3-6,8-10,12H,2,7,11H2,1H3,(H,25,26)(H,27,28). The quantitative estimate of drug-likeness (QED) is 0.469. The Labute approximate surface area is 182 Å². The molecule has 1 amide bonds. The van der Waals surface area contributed by atoms with Gasteiger partial charge in [0.1, 0.15) is 16.4 Å². The van der Waals surface area contributed by atoms with E-state index in [1.807, 2.05) is 19.1 Å². The number of aromatic carboxylic acids is 1. The van der Waals surface area contributed by atoms with Crippen molar-refractivity contribution in [2.45, 2.75) is 19.9 Å². The van der Waals surface area contributed by atoms with Gasteiger partial charge >= 0.3 is 5.97 Å². The fourth-order valence-corrected chi connectivity index (χ4v) is 3.71. The number of halogens is 2. The lowest BCUT2D eigenvalue weighted by molar-refractivity contribution is 0.0702. The average molecular weight is 448 g/mol. The Balaban J connectivity index is 1.84. The molecule has 0 saturated heterocycles. The minimum atomic E-state index is -0.980. The molecule has 8 heteroatoms. The maximum Gasteiger partial charge on any atom is 0.345 e. The molecule has 0 aliphatic rings. The Morgan fingerprint density at radius 1 is 1.17 bits per heavy atom. The van der Waals surface area contributed by atoms with E-state index in [9.17, 15) is 14.0 Å². The van der Waals surface area contributed by atoms with Gasteiger partial charge in [0.25, 0.3) is 5.91 Å². The lowest BCUT2D eigenvalue weighted by Crippen LogP contribution is -2.24. The molecule has 1 aromatic heterocycles. The topological polar surface area (TPSA) is 75.6 Å². The molecule has 0 atom stereocenters. The second kappa shape index (κ2) is 9.73. The van der Waals surface area contributed by atoms with E-state index in [-0.39, 0.29) is 22.0 Å². The van der Waals surface area contributed by atoms with E-state index >= 15 is 0 Å². The third kappa shape index (κ3) is 5.17. The summed E-state index contributed by atoms with van der Waals surface area (Å²) >= 11 is 6.88. The van der Waals surface area contributed by atoms with Crippen LogP contribution in [0, 0.1) is 5.82 Å². The number of nitrogens with one attached hydrogen (secondary N) is 1. The summed E-state index contributed by atoms with van der Waals surface area (Å²) in [5.41, 5.74) is 2.16. The second-order valence-electron chi connectivity index (χ2n) is 6.48. The minimum absolute atomic E-state index is 0.101. The van der Waals surface area contributed by atoms with Crippen LogP contribution >= 0.6 is 22.9 Å². The zero-order valence-corrected chi connectivity index (χ0v) is 17.6. The number of ether oxygens (including phenoxy) is 1. The van der Waals surface area contributed by atoms with Crippen molar-refractivity contribution in [3.63, 3.8) is 0 Å². The van der Waals surface area contributed by atoms with Gasteiger partial charge in [-0.3, -0.25) is 4.79 Å². The smallest absolute Gasteiger partial charge is 0.345 e. The van der Waals surface area contributed by atoms with Crippen molar-refractivity contribution < 1.29 is 23.8 Å². The van der Waals surface area contributed by atoms with Crippen LogP contribution in [0.2, 0.25) is 5.02 Å². The minimum Gasteiger partial charge on any atom is -0.493 e. The molecule has 3 aromatic rings. The summed E-state index contributed by atoms with van der Waals surface area (Å²) in [6, 6.07) is 10.9. The van der Waals surface area contributed by atoms with E-state index in [4.69, 9.17) is 21.4 Å². The van der Waals surface area contributed by atoms with E-state index in [2.05, 4.69) is 5.32 Å². The van der Waals surface area contributed by atoms with Crippen LogP contribution in [-0.4, -0.2) is 23.6 Å². The number of hydrogen-bond donors (Lipinski definition) is 2. The van der Waals surface area contributed by atoms with Crippen LogP contribution in [0.15, 0.2) is 47.8 Å². The lowest BCUT2D eigenvalue weighted by Gasteiger charge is -2.14. The molecule has 0 aliphatic heterocycles. The van der Waals surface area contributed by atoms with Crippen LogP contribution in [0.1, 0.15) is 38.9 Å². The fourth-order valence-electron chi connectivity index (χ4n) is 2.79. The molecule has 5 nitrogen and oxygen atoms in total. The monoisotopic (exact) mass is 447 g/mol. The number of amides is 1. The summed E-state index contributed by atoms with van der Waals surface area (Å²) in [7, 11) is 0. The molecule has 2 aromatic carbocycles. The van der Waals surface area contributed by atoms with Crippen molar-refractivity contribution in [3.05, 3.63) is 74.7 Å². The largest absolute Gasteiger partial charge is 0.493 e. The predicted octanol–water partition coefficient (Wildman–Crippen LogP) is 5.62. The first-order valence-electron chi connectivity index (χ1n) is 9.20. The molecular formula is C22H19ClFNO4S. The summed E-state index contributed by atoms with van der Waals surface area (Å²) in [6.45, 7) is 2.61. The molecule has 0 unspecified atom stereocenters. The fraction of sp³-hybridized carbons (Fsp3) is 0.182. The van der Waals surface area contributed by atoms with Gasteiger partial charge in [0.2, 0.25) is 0 Å². The van der Waals surface area contributed by atoms with Crippen LogP contribution in [0.25, 0.3) is 11.1 Å². The van der Waals surface area contributed by atoms with Crippen molar-refractivity contribution >= 4 is 34.8 Å². The van der Waals surface area contributed by atoms with Gasteiger partial charge in [-0.05, 0) is 59.3 Å². The maximum atomic E-state index is 14.0. The van der Waals surface area contributed by atoms with Crippen LogP contribution in [0.3, 0.4) is 0 Å². The SMILES string of the molecule is CCCOc1ccc(-c2csc(C(=O)O)c2)cc1CNC(=O)c1ccc(Cl)cc1F. The molecule has 3 rings (SSSR count). The van der Waals surface area contributed by atoms with E-state index in [1.165, 1.54) is 12.1 Å². The van der Waals surface area contributed by atoms with Crippen molar-refractivity contribution in [1.82, 2.24) is 5.32 Å². The first-order chi connectivity index (χ1) is 14.4. The van der Waals surface area contributed by atoms with Crippen molar-refractivity contribution in [1.29, 1.82) is 0 Å². The van der Waals surface area contributed by atoms with Gasteiger partial charge in [-0.15, -0.1) is 11.3 Å². The Hall–Kier alpha value is -2.90. The molecule has 0 fully saturated rings. The number of carboxylic acid groups (broad SMARTS) is 1. The second-order valence-corrected chi connectivity index (χ2v) is 7.83. The third-order valence-corrected chi connectivity index (χ3v) is 5.43. The zero-order valence-electron chi connectivity index (χ0n) is 16.1. The summed E-state index contributed by atoms with van der Waals surface area (Å²) in [6.07, 6.45) is 0.816. The van der Waals surface area contributed by atoms with Crippen molar-refractivity contribution in [2.75, 3.05) is 6.61 Å². The highest BCUT2D eigenvalue weighted by Gasteiger charge is 2.15. The summed E-state index contributed by atoms with van der Waals surface area (Å²) in [5, 5.41) is 13.8.